The minimum Gasteiger partial charge on any atom is -0.462 e. The molecule has 2 unspecified atom stereocenters. The van der Waals surface area contributed by atoms with Crippen molar-refractivity contribution in [3.63, 3.8) is 0 Å². The third-order valence-corrected chi connectivity index (χ3v) is 18.5. The first-order chi connectivity index (χ1) is 43.7. The second-order valence-electron chi connectivity index (χ2n) is 27.4. The minimum absolute atomic E-state index is 0.104. The predicted molar refractivity (Wildman–Crippen MR) is 368 cm³/mol. The Bertz CT molecular complexity index is 1780. The lowest BCUT2D eigenvalue weighted by Gasteiger charge is -2.21. The predicted octanol–water partition coefficient (Wildman–Crippen LogP) is 20.6. The number of hydrogen-bond acceptors (Lipinski definition) is 15. The zero-order valence-electron chi connectivity index (χ0n) is 59.3. The lowest BCUT2D eigenvalue weighted by atomic mass is 10.0. The van der Waals surface area contributed by atoms with Gasteiger partial charge in [0.25, 0.3) is 0 Å². The van der Waals surface area contributed by atoms with Gasteiger partial charge in [0.15, 0.2) is 12.2 Å². The Labute approximate surface area is 556 Å². The largest absolute Gasteiger partial charge is 0.472 e. The summed E-state index contributed by atoms with van der Waals surface area (Å²) in [6.07, 6.45) is 47.1. The first kappa shape index (κ1) is 89.1. The van der Waals surface area contributed by atoms with Crippen molar-refractivity contribution in [1.82, 2.24) is 0 Å². The smallest absolute Gasteiger partial charge is 0.462 e. The maximum Gasteiger partial charge on any atom is 0.472 e. The van der Waals surface area contributed by atoms with Gasteiger partial charge < -0.3 is 33.8 Å². The van der Waals surface area contributed by atoms with E-state index in [2.05, 4.69) is 48.5 Å². The Kier molecular flexibility index (Phi) is 61.5. The summed E-state index contributed by atoms with van der Waals surface area (Å²) in [5.41, 5.74) is 0. The van der Waals surface area contributed by atoms with E-state index in [1.807, 2.05) is 0 Å². The normalized spacial score (nSPS) is 14.2. The molecule has 0 aliphatic carbocycles. The van der Waals surface area contributed by atoms with E-state index in [0.29, 0.717) is 25.7 Å². The Balaban J connectivity index is 5.25. The van der Waals surface area contributed by atoms with E-state index < -0.39 is 97.5 Å². The molecule has 0 fully saturated rings. The number of esters is 4. The Morgan fingerprint density at radius 2 is 0.505 bits per heavy atom. The summed E-state index contributed by atoms with van der Waals surface area (Å²) in [7, 11) is -9.90. The summed E-state index contributed by atoms with van der Waals surface area (Å²) in [6, 6.07) is 0. The van der Waals surface area contributed by atoms with Gasteiger partial charge in [0.1, 0.15) is 19.3 Å². The minimum atomic E-state index is -4.95. The molecular formula is C72H140O17P2. The van der Waals surface area contributed by atoms with Crippen LogP contribution in [0.2, 0.25) is 0 Å². The maximum absolute atomic E-state index is 13.0. The number of aliphatic hydroxyl groups is 1. The lowest BCUT2D eigenvalue weighted by molar-refractivity contribution is -0.161. The number of phosphoric acid groups is 2. The van der Waals surface area contributed by atoms with Crippen LogP contribution in [0.4, 0.5) is 0 Å². The number of aliphatic hydroxyl groups excluding tert-OH is 1. The van der Waals surface area contributed by atoms with Gasteiger partial charge in [-0.25, -0.2) is 9.13 Å². The Morgan fingerprint density at radius 3 is 0.747 bits per heavy atom. The van der Waals surface area contributed by atoms with Crippen LogP contribution in [0.1, 0.15) is 363 Å². The molecule has 0 rings (SSSR count). The van der Waals surface area contributed by atoms with Crippen molar-refractivity contribution in [2.24, 2.45) is 17.8 Å². The molecule has 0 radical (unpaired) electrons. The fraction of sp³-hybridized carbons (Fsp3) is 0.944. The summed E-state index contributed by atoms with van der Waals surface area (Å²) >= 11 is 0. The van der Waals surface area contributed by atoms with Gasteiger partial charge in [0.05, 0.1) is 26.4 Å². The molecule has 0 spiro atoms. The molecule has 0 aromatic heterocycles. The first-order valence-electron chi connectivity index (χ1n) is 37.3. The highest BCUT2D eigenvalue weighted by molar-refractivity contribution is 7.47. The van der Waals surface area contributed by atoms with E-state index >= 15 is 0 Å². The molecule has 17 nitrogen and oxygen atoms in total. The van der Waals surface area contributed by atoms with Crippen LogP contribution in [-0.4, -0.2) is 96.7 Å². The number of unbranched alkanes of at least 4 members (excludes halogenated alkanes) is 38. The molecule has 5 atom stereocenters. The lowest BCUT2D eigenvalue weighted by Crippen LogP contribution is -2.30. The first-order valence-corrected chi connectivity index (χ1v) is 40.3. The van der Waals surface area contributed by atoms with Gasteiger partial charge in [-0.15, -0.1) is 0 Å². The zero-order chi connectivity index (χ0) is 67.3. The van der Waals surface area contributed by atoms with Crippen LogP contribution in [0.5, 0.6) is 0 Å². The number of carbonyl (C=O) groups excluding carboxylic acids is 4. The standard InChI is InChI=1S/C72H140O17P2/c1-8-9-10-11-12-13-17-24-32-39-46-53-69(74)82-60-68(89-72(77)56-49-42-35-28-27-31-38-45-52-65(6)7)62-87-91(80,81)85-58-66(73)57-84-90(78,79)86-61-67(59-83-70(75)54-47-40-33-25-21-20-23-30-37-44-51-64(4)5)88-71(76)55-48-41-34-26-19-16-14-15-18-22-29-36-43-50-63(2)3/h63-68,73H,8-62H2,1-7H3,(H,78,79)(H,80,81)/t66-,67-,68-/m1/s1. The molecule has 0 heterocycles. The molecule has 0 bridgehead atoms. The van der Waals surface area contributed by atoms with Crippen LogP contribution in [0.25, 0.3) is 0 Å². The van der Waals surface area contributed by atoms with E-state index in [0.717, 1.165) is 108 Å². The number of hydrogen-bond donors (Lipinski definition) is 3. The van der Waals surface area contributed by atoms with Gasteiger partial charge in [0, 0.05) is 25.7 Å². The Hall–Kier alpha value is -1.94. The Morgan fingerprint density at radius 1 is 0.297 bits per heavy atom. The SMILES string of the molecule is CCCCCCCCCCCCCC(=O)OC[C@H](COP(=O)(O)OC[C@H](O)COP(=O)(O)OC[C@@H](COC(=O)CCCCCCCCCCCCC(C)C)OC(=O)CCCCCCCCCCCCCCCC(C)C)OC(=O)CCCCCCCCCCC(C)C. The molecule has 0 saturated heterocycles. The third kappa shape index (κ3) is 66.5. The highest BCUT2D eigenvalue weighted by Crippen LogP contribution is 2.45. The molecule has 91 heavy (non-hydrogen) atoms. The van der Waals surface area contributed by atoms with Crippen molar-refractivity contribution in [3.8, 4) is 0 Å². The summed E-state index contributed by atoms with van der Waals surface area (Å²) in [5.74, 6) is 0.140. The van der Waals surface area contributed by atoms with E-state index in [1.54, 1.807) is 0 Å². The van der Waals surface area contributed by atoms with Gasteiger partial charge in [-0.2, -0.15) is 0 Å². The molecule has 0 amide bonds. The fourth-order valence-electron chi connectivity index (χ4n) is 10.9. The average Bonchev–Trinajstić information content (AvgIpc) is 3.30. The molecule has 3 N–H and O–H groups in total. The van der Waals surface area contributed by atoms with E-state index in [1.165, 1.54) is 173 Å². The summed E-state index contributed by atoms with van der Waals surface area (Å²) in [6.45, 7) is 11.8. The number of carbonyl (C=O) groups is 4. The van der Waals surface area contributed by atoms with Gasteiger partial charge in [-0.05, 0) is 43.4 Å². The van der Waals surface area contributed by atoms with E-state index in [4.69, 9.17) is 37.0 Å². The van der Waals surface area contributed by atoms with Crippen LogP contribution in [0.3, 0.4) is 0 Å². The topological polar surface area (TPSA) is 237 Å². The van der Waals surface area contributed by atoms with Crippen LogP contribution in [-0.2, 0) is 65.4 Å². The number of phosphoric ester groups is 2. The molecule has 0 saturated carbocycles. The second-order valence-corrected chi connectivity index (χ2v) is 30.3. The monoisotopic (exact) mass is 1340 g/mol. The molecule has 540 valence electrons. The van der Waals surface area contributed by atoms with Gasteiger partial charge in [-0.1, -0.05) is 312 Å². The van der Waals surface area contributed by atoms with Crippen molar-refractivity contribution in [2.75, 3.05) is 39.6 Å². The van der Waals surface area contributed by atoms with Gasteiger partial charge in [0.2, 0.25) is 0 Å². The van der Waals surface area contributed by atoms with Crippen molar-refractivity contribution in [3.05, 3.63) is 0 Å². The van der Waals surface area contributed by atoms with Crippen LogP contribution in [0, 0.1) is 17.8 Å². The van der Waals surface area contributed by atoms with Crippen LogP contribution >= 0.6 is 15.6 Å². The molecule has 19 heteroatoms. The van der Waals surface area contributed by atoms with E-state index in [-0.39, 0.29) is 25.7 Å². The van der Waals surface area contributed by atoms with Crippen molar-refractivity contribution in [2.45, 2.75) is 381 Å². The third-order valence-electron chi connectivity index (χ3n) is 16.6. The summed E-state index contributed by atoms with van der Waals surface area (Å²) in [5, 5.41) is 10.6. The molecular weight excluding hydrogens is 1200 g/mol. The zero-order valence-corrected chi connectivity index (χ0v) is 61.1. The van der Waals surface area contributed by atoms with Crippen molar-refractivity contribution >= 4 is 39.5 Å². The van der Waals surface area contributed by atoms with Crippen LogP contribution < -0.4 is 0 Å². The maximum atomic E-state index is 13.0. The van der Waals surface area contributed by atoms with Crippen LogP contribution in [0.15, 0.2) is 0 Å². The second kappa shape index (κ2) is 62.8. The quantitative estimate of drug-likeness (QED) is 0.0222. The summed E-state index contributed by atoms with van der Waals surface area (Å²) in [4.78, 5) is 72.6. The average molecular weight is 1340 g/mol. The number of rotatable bonds is 70. The fourth-order valence-corrected chi connectivity index (χ4v) is 12.5. The highest BCUT2D eigenvalue weighted by Gasteiger charge is 2.30. The van der Waals surface area contributed by atoms with E-state index in [9.17, 15) is 43.2 Å². The number of ether oxygens (including phenoxy) is 4. The molecule has 0 aromatic carbocycles. The van der Waals surface area contributed by atoms with Gasteiger partial charge >= 0.3 is 39.5 Å². The summed E-state index contributed by atoms with van der Waals surface area (Å²) < 4.78 is 68.4. The van der Waals surface area contributed by atoms with Crippen molar-refractivity contribution < 1.29 is 80.2 Å². The van der Waals surface area contributed by atoms with Crippen molar-refractivity contribution in [1.29, 1.82) is 0 Å². The van der Waals surface area contributed by atoms with Gasteiger partial charge in [-0.3, -0.25) is 37.3 Å². The molecule has 0 aromatic rings. The highest BCUT2D eigenvalue weighted by atomic mass is 31.2. The molecule has 0 aliphatic heterocycles. The molecule has 0 aliphatic rings.